The van der Waals surface area contributed by atoms with Gasteiger partial charge in [-0.25, -0.2) is 0 Å². The van der Waals surface area contributed by atoms with E-state index in [-0.39, 0.29) is 10.9 Å². The maximum absolute atomic E-state index is 12.0. The van der Waals surface area contributed by atoms with Crippen molar-refractivity contribution in [2.75, 3.05) is 6.54 Å². The second kappa shape index (κ2) is 6.29. The van der Waals surface area contributed by atoms with Gasteiger partial charge in [0.15, 0.2) is 0 Å². The van der Waals surface area contributed by atoms with Crippen LogP contribution < -0.4 is 11.1 Å². The first-order chi connectivity index (χ1) is 9.58. The molecule has 0 radical (unpaired) electrons. The molecule has 0 aliphatic rings. The molecule has 1 aromatic carbocycles. The summed E-state index contributed by atoms with van der Waals surface area (Å²) in [5.41, 5.74) is 7.87. The van der Waals surface area contributed by atoms with Crippen LogP contribution in [0.3, 0.4) is 0 Å². The lowest BCUT2D eigenvalue weighted by Crippen LogP contribution is -2.26. The number of nitrogens with one attached hydrogen (secondary N) is 1. The number of amides is 1. The van der Waals surface area contributed by atoms with Crippen molar-refractivity contribution in [2.45, 2.75) is 6.42 Å². The van der Waals surface area contributed by atoms with Gasteiger partial charge in [-0.15, -0.1) is 0 Å². The highest BCUT2D eigenvalue weighted by Gasteiger charge is 2.07. The van der Waals surface area contributed by atoms with Crippen LogP contribution in [0.5, 0.6) is 0 Å². The Hall–Kier alpha value is -2.21. The SMILES string of the molecule is Cn1nccc1CCNC(=O)c1cccc(C(N)=S)c1. The summed E-state index contributed by atoms with van der Waals surface area (Å²) in [6, 6.07) is 8.92. The number of aryl methyl sites for hydroxylation is 1. The van der Waals surface area contributed by atoms with Crippen LogP contribution in [0.25, 0.3) is 0 Å². The van der Waals surface area contributed by atoms with Gasteiger partial charge < -0.3 is 11.1 Å². The maximum atomic E-state index is 12.0. The number of carbonyl (C=O) groups excluding carboxylic acids is 1. The molecular formula is C14H16N4OS. The first-order valence-corrected chi connectivity index (χ1v) is 6.63. The molecule has 0 saturated heterocycles. The molecule has 0 saturated carbocycles. The van der Waals surface area contributed by atoms with Crippen molar-refractivity contribution in [1.82, 2.24) is 15.1 Å². The van der Waals surface area contributed by atoms with Gasteiger partial charge in [0.1, 0.15) is 4.99 Å². The summed E-state index contributed by atoms with van der Waals surface area (Å²) < 4.78 is 1.79. The van der Waals surface area contributed by atoms with Crippen LogP contribution >= 0.6 is 12.2 Å². The quantitative estimate of drug-likeness (QED) is 0.806. The molecule has 2 aromatic rings. The van der Waals surface area contributed by atoms with E-state index in [4.69, 9.17) is 18.0 Å². The molecule has 0 spiro atoms. The first-order valence-electron chi connectivity index (χ1n) is 6.23. The zero-order valence-corrected chi connectivity index (χ0v) is 12.0. The topological polar surface area (TPSA) is 72.9 Å². The minimum atomic E-state index is -0.134. The molecule has 1 heterocycles. The monoisotopic (exact) mass is 288 g/mol. The highest BCUT2D eigenvalue weighted by molar-refractivity contribution is 7.80. The predicted octanol–water partition coefficient (Wildman–Crippen LogP) is 1.03. The van der Waals surface area contributed by atoms with E-state index in [0.717, 1.165) is 12.1 Å². The van der Waals surface area contributed by atoms with Crippen molar-refractivity contribution in [3.05, 3.63) is 53.3 Å². The van der Waals surface area contributed by atoms with Gasteiger partial charge in [-0.1, -0.05) is 24.4 Å². The number of aromatic nitrogens is 2. The second-order valence-corrected chi connectivity index (χ2v) is 4.84. The average Bonchev–Trinajstić information content (AvgIpc) is 2.84. The van der Waals surface area contributed by atoms with Crippen molar-refractivity contribution in [2.24, 2.45) is 12.8 Å². The summed E-state index contributed by atoms with van der Waals surface area (Å²) in [7, 11) is 1.88. The summed E-state index contributed by atoms with van der Waals surface area (Å²) in [4.78, 5) is 12.3. The van der Waals surface area contributed by atoms with Crippen LogP contribution in [0.1, 0.15) is 21.6 Å². The molecule has 1 aromatic heterocycles. The maximum Gasteiger partial charge on any atom is 0.251 e. The lowest BCUT2D eigenvalue weighted by Gasteiger charge is -2.07. The summed E-state index contributed by atoms with van der Waals surface area (Å²) in [6.07, 6.45) is 2.47. The summed E-state index contributed by atoms with van der Waals surface area (Å²) in [5, 5.41) is 6.95. The standard InChI is InChI=1S/C14H16N4OS/c1-18-12(6-8-17-18)5-7-16-14(19)11-4-2-3-10(9-11)13(15)20/h2-4,6,8-9H,5,7H2,1H3,(H2,15,20)(H,16,19). The number of nitrogens with zero attached hydrogens (tertiary/aromatic N) is 2. The molecule has 104 valence electrons. The fraction of sp³-hybridized carbons (Fsp3) is 0.214. The Kier molecular flexibility index (Phi) is 4.47. The smallest absolute Gasteiger partial charge is 0.251 e. The van der Waals surface area contributed by atoms with E-state index in [1.165, 1.54) is 0 Å². The molecular weight excluding hydrogens is 272 g/mol. The fourth-order valence-electron chi connectivity index (χ4n) is 1.87. The van der Waals surface area contributed by atoms with Gasteiger partial charge in [-0.05, 0) is 18.2 Å². The van der Waals surface area contributed by atoms with Crippen LogP contribution in [0.15, 0.2) is 36.5 Å². The molecule has 0 unspecified atom stereocenters. The Morgan fingerprint density at radius 3 is 2.80 bits per heavy atom. The van der Waals surface area contributed by atoms with Crippen LogP contribution in [-0.4, -0.2) is 27.2 Å². The molecule has 0 bridgehead atoms. The largest absolute Gasteiger partial charge is 0.389 e. The van der Waals surface area contributed by atoms with Crippen LogP contribution in [0.2, 0.25) is 0 Å². The Morgan fingerprint density at radius 2 is 2.15 bits per heavy atom. The van der Waals surface area contributed by atoms with Gasteiger partial charge in [-0.2, -0.15) is 5.10 Å². The van der Waals surface area contributed by atoms with Gasteiger partial charge in [-0.3, -0.25) is 9.48 Å². The van der Waals surface area contributed by atoms with Gasteiger partial charge in [0.25, 0.3) is 5.91 Å². The van der Waals surface area contributed by atoms with Crippen LogP contribution in [-0.2, 0) is 13.5 Å². The molecule has 0 aliphatic heterocycles. The summed E-state index contributed by atoms with van der Waals surface area (Å²) in [6.45, 7) is 0.551. The van der Waals surface area contributed by atoms with E-state index in [1.807, 2.05) is 13.1 Å². The van der Waals surface area contributed by atoms with Gasteiger partial charge in [0, 0.05) is 43.0 Å². The third-order valence-electron chi connectivity index (χ3n) is 3.00. The van der Waals surface area contributed by atoms with Gasteiger partial charge in [0.2, 0.25) is 0 Å². The van der Waals surface area contributed by atoms with Crippen molar-refractivity contribution in [3.8, 4) is 0 Å². The number of benzene rings is 1. The normalized spacial score (nSPS) is 10.2. The van der Waals surface area contributed by atoms with E-state index in [0.29, 0.717) is 17.7 Å². The zero-order valence-electron chi connectivity index (χ0n) is 11.2. The van der Waals surface area contributed by atoms with Crippen LogP contribution in [0, 0.1) is 0 Å². The molecule has 0 fully saturated rings. The fourth-order valence-corrected chi connectivity index (χ4v) is 1.99. The molecule has 20 heavy (non-hydrogen) atoms. The number of rotatable bonds is 5. The van der Waals surface area contributed by atoms with Crippen molar-refractivity contribution >= 4 is 23.1 Å². The lowest BCUT2D eigenvalue weighted by molar-refractivity contribution is 0.0954. The number of nitrogens with two attached hydrogens (primary N) is 1. The Morgan fingerprint density at radius 1 is 1.40 bits per heavy atom. The number of thiocarbonyl (C=S) groups is 1. The molecule has 0 aliphatic carbocycles. The Labute approximate surface area is 122 Å². The van der Waals surface area contributed by atoms with Crippen molar-refractivity contribution in [1.29, 1.82) is 0 Å². The van der Waals surface area contributed by atoms with Crippen molar-refractivity contribution in [3.63, 3.8) is 0 Å². The Balaban J connectivity index is 1.93. The number of carbonyl (C=O) groups is 1. The van der Waals surface area contributed by atoms with Gasteiger partial charge in [0.05, 0.1) is 0 Å². The first kappa shape index (κ1) is 14.2. The zero-order chi connectivity index (χ0) is 14.5. The minimum Gasteiger partial charge on any atom is -0.389 e. The third-order valence-corrected chi connectivity index (χ3v) is 3.23. The molecule has 2 rings (SSSR count). The second-order valence-electron chi connectivity index (χ2n) is 4.40. The highest BCUT2D eigenvalue weighted by atomic mass is 32.1. The van der Waals surface area contributed by atoms with E-state index in [2.05, 4.69) is 10.4 Å². The van der Waals surface area contributed by atoms with Crippen LogP contribution in [0.4, 0.5) is 0 Å². The summed E-state index contributed by atoms with van der Waals surface area (Å²) >= 11 is 4.90. The van der Waals surface area contributed by atoms with E-state index >= 15 is 0 Å². The molecule has 0 atom stereocenters. The minimum absolute atomic E-state index is 0.134. The van der Waals surface area contributed by atoms with E-state index in [1.54, 1.807) is 35.1 Å². The molecule has 5 nitrogen and oxygen atoms in total. The lowest BCUT2D eigenvalue weighted by atomic mass is 10.1. The molecule has 1 amide bonds. The third kappa shape index (κ3) is 3.42. The molecule has 3 N–H and O–H groups in total. The van der Waals surface area contributed by atoms with Crippen molar-refractivity contribution < 1.29 is 4.79 Å². The predicted molar refractivity (Wildman–Crippen MR) is 81.6 cm³/mol. The molecule has 6 heteroatoms. The van der Waals surface area contributed by atoms with E-state index < -0.39 is 0 Å². The van der Waals surface area contributed by atoms with E-state index in [9.17, 15) is 4.79 Å². The highest BCUT2D eigenvalue weighted by Crippen LogP contribution is 2.05. The number of hydrogen-bond acceptors (Lipinski definition) is 3. The average molecular weight is 288 g/mol. The Bertz CT molecular complexity index is 636. The summed E-state index contributed by atoms with van der Waals surface area (Å²) in [5.74, 6) is -0.134. The van der Waals surface area contributed by atoms with Gasteiger partial charge >= 0.3 is 0 Å². The number of hydrogen-bond donors (Lipinski definition) is 2.